The number of rotatable bonds is 3. The molecule has 3 aliphatic heterocycles. The van der Waals surface area contributed by atoms with Gasteiger partial charge in [-0.3, -0.25) is 9.69 Å². The molecule has 5 heterocycles. The first-order chi connectivity index (χ1) is 13.7. The lowest BCUT2D eigenvalue weighted by Gasteiger charge is -2.52. The van der Waals surface area contributed by atoms with Crippen LogP contribution in [-0.4, -0.2) is 40.5 Å². The third kappa shape index (κ3) is 2.51. The Bertz CT molecular complexity index is 1060. The molecule has 7 rings (SSSR count). The number of hydrogen-bond donors (Lipinski definition) is 1. The van der Waals surface area contributed by atoms with Gasteiger partial charge in [0, 0.05) is 27.4 Å². The molecule has 4 aliphatic rings. The standard InChI is InChI=1S/C21H20ClN3OS2/c22-14-2-1-13-11-15(28-17(13)16(14)20-23-7-10-27-20)19(26)24-18-12-3-8-25(9-4-12)21(18)5-6-21/h1-2,7,10-12,18H,3-6,8-9H2,(H,24,26). The molecule has 7 heteroatoms. The van der Waals surface area contributed by atoms with Crippen LogP contribution in [0.3, 0.4) is 0 Å². The molecule has 28 heavy (non-hydrogen) atoms. The number of benzene rings is 1. The fourth-order valence-corrected chi connectivity index (χ4v) is 7.51. The molecule has 1 aromatic carbocycles. The number of amides is 1. The lowest BCUT2D eigenvalue weighted by atomic mass is 9.77. The number of thiazole rings is 1. The van der Waals surface area contributed by atoms with Gasteiger partial charge in [-0.05, 0) is 62.2 Å². The Balaban J connectivity index is 1.34. The summed E-state index contributed by atoms with van der Waals surface area (Å²) in [7, 11) is 0. The van der Waals surface area contributed by atoms with E-state index in [0.717, 1.165) is 25.5 Å². The highest BCUT2D eigenvalue weighted by molar-refractivity contribution is 7.22. The zero-order valence-electron chi connectivity index (χ0n) is 15.3. The number of nitrogens with zero attached hydrogens (tertiary/aromatic N) is 2. The van der Waals surface area contributed by atoms with Crippen molar-refractivity contribution in [1.82, 2.24) is 15.2 Å². The number of halogens is 1. The van der Waals surface area contributed by atoms with Crippen LogP contribution in [0.1, 0.15) is 35.4 Å². The number of carbonyl (C=O) groups is 1. The van der Waals surface area contributed by atoms with Gasteiger partial charge in [0.05, 0.1) is 15.9 Å². The van der Waals surface area contributed by atoms with Crippen molar-refractivity contribution >= 4 is 50.3 Å². The molecule has 2 bridgehead atoms. The second-order valence-electron chi connectivity index (χ2n) is 8.17. The summed E-state index contributed by atoms with van der Waals surface area (Å²) in [5.74, 6) is 0.693. The van der Waals surface area contributed by atoms with Crippen LogP contribution >= 0.6 is 34.3 Å². The van der Waals surface area contributed by atoms with Gasteiger partial charge in [-0.1, -0.05) is 17.7 Å². The number of hydrogen-bond acceptors (Lipinski definition) is 5. The highest BCUT2D eigenvalue weighted by atomic mass is 35.5. The molecule has 4 fully saturated rings. The van der Waals surface area contributed by atoms with E-state index in [4.69, 9.17) is 11.6 Å². The van der Waals surface area contributed by atoms with Gasteiger partial charge in [0.1, 0.15) is 5.01 Å². The van der Waals surface area contributed by atoms with E-state index in [1.54, 1.807) is 17.5 Å². The van der Waals surface area contributed by atoms with Crippen LogP contribution in [0.4, 0.5) is 0 Å². The molecule has 1 N–H and O–H groups in total. The molecule has 1 spiro atoms. The fraction of sp³-hybridized carbons (Fsp3) is 0.429. The number of nitrogens with one attached hydrogen (secondary N) is 1. The van der Waals surface area contributed by atoms with E-state index < -0.39 is 0 Å². The van der Waals surface area contributed by atoms with Crippen LogP contribution in [-0.2, 0) is 0 Å². The third-order valence-corrected chi connectivity index (χ3v) is 9.05. The highest BCUT2D eigenvalue weighted by Gasteiger charge is 2.60. The Morgan fingerprint density at radius 2 is 2.11 bits per heavy atom. The Kier molecular flexibility index (Phi) is 3.89. The zero-order valence-corrected chi connectivity index (χ0v) is 17.7. The number of carbonyl (C=O) groups excluding carboxylic acids is 1. The number of piperidine rings is 3. The maximum Gasteiger partial charge on any atom is 0.261 e. The molecular formula is C21H20ClN3OS2. The summed E-state index contributed by atoms with van der Waals surface area (Å²) in [6, 6.07) is 6.21. The minimum Gasteiger partial charge on any atom is -0.346 e. The lowest BCUT2D eigenvalue weighted by Crippen LogP contribution is -2.65. The summed E-state index contributed by atoms with van der Waals surface area (Å²) in [6.07, 6.45) is 6.67. The zero-order chi connectivity index (χ0) is 18.9. The Morgan fingerprint density at radius 3 is 2.82 bits per heavy atom. The molecule has 1 unspecified atom stereocenters. The number of aromatic nitrogens is 1. The molecule has 1 saturated carbocycles. The first-order valence-corrected chi connectivity index (χ1v) is 11.9. The van der Waals surface area contributed by atoms with Crippen molar-refractivity contribution in [2.45, 2.75) is 37.3 Å². The van der Waals surface area contributed by atoms with Gasteiger partial charge in [0.15, 0.2) is 0 Å². The van der Waals surface area contributed by atoms with Crippen molar-refractivity contribution in [1.29, 1.82) is 0 Å². The summed E-state index contributed by atoms with van der Waals surface area (Å²) in [5.41, 5.74) is 1.20. The van der Waals surface area contributed by atoms with Crippen molar-refractivity contribution in [2.24, 2.45) is 5.92 Å². The molecule has 2 aromatic heterocycles. The largest absolute Gasteiger partial charge is 0.346 e. The summed E-state index contributed by atoms with van der Waals surface area (Å²) in [4.78, 5) is 21.0. The van der Waals surface area contributed by atoms with Crippen LogP contribution in [0.5, 0.6) is 0 Å². The predicted octanol–water partition coefficient (Wildman–Crippen LogP) is 5.03. The van der Waals surface area contributed by atoms with Crippen molar-refractivity contribution in [2.75, 3.05) is 13.1 Å². The molecule has 1 aliphatic carbocycles. The fourth-order valence-electron chi connectivity index (χ4n) is 5.27. The maximum atomic E-state index is 13.2. The molecule has 1 atom stereocenters. The van der Waals surface area contributed by atoms with Crippen molar-refractivity contribution in [3.63, 3.8) is 0 Å². The predicted molar refractivity (Wildman–Crippen MR) is 115 cm³/mol. The van der Waals surface area contributed by atoms with E-state index in [-0.39, 0.29) is 11.4 Å². The first kappa shape index (κ1) is 17.4. The lowest BCUT2D eigenvalue weighted by molar-refractivity contribution is -0.00138. The first-order valence-electron chi connectivity index (χ1n) is 9.83. The van der Waals surface area contributed by atoms with Gasteiger partial charge < -0.3 is 5.32 Å². The smallest absolute Gasteiger partial charge is 0.261 e. The average molecular weight is 430 g/mol. The monoisotopic (exact) mass is 429 g/mol. The summed E-state index contributed by atoms with van der Waals surface area (Å²) >= 11 is 9.60. The molecule has 0 radical (unpaired) electrons. The van der Waals surface area contributed by atoms with Gasteiger partial charge in [0.25, 0.3) is 5.91 Å². The highest BCUT2D eigenvalue weighted by Crippen LogP contribution is 2.53. The minimum atomic E-state index is 0.0624. The molecular weight excluding hydrogens is 410 g/mol. The van der Waals surface area contributed by atoms with Crippen LogP contribution in [0.2, 0.25) is 5.02 Å². The van der Waals surface area contributed by atoms with E-state index >= 15 is 0 Å². The number of fused-ring (bicyclic) bond motifs is 3. The minimum absolute atomic E-state index is 0.0624. The van der Waals surface area contributed by atoms with E-state index in [1.807, 2.05) is 23.6 Å². The van der Waals surface area contributed by atoms with Crippen LogP contribution in [0, 0.1) is 5.92 Å². The molecule has 3 saturated heterocycles. The van der Waals surface area contributed by atoms with Gasteiger partial charge in [-0.2, -0.15) is 0 Å². The number of thiophene rings is 1. The Morgan fingerprint density at radius 1 is 1.29 bits per heavy atom. The average Bonchev–Trinajstić information content (AvgIpc) is 3.12. The molecule has 3 aromatic rings. The topological polar surface area (TPSA) is 45.2 Å². The SMILES string of the molecule is O=C(NC1C2CCN(CC2)C12CC2)c1cc2ccc(Cl)c(-c3nccs3)c2s1. The van der Waals surface area contributed by atoms with Crippen LogP contribution in [0.15, 0.2) is 29.8 Å². The second kappa shape index (κ2) is 6.26. The summed E-state index contributed by atoms with van der Waals surface area (Å²) < 4.78 is 1.04. The van der Waals surface area contributed by atoms with Gasteiger partial charge >= 0.3 is 0 Å². The Hall–Kier alpha value is -1.47. The third-order valence-electron chi connectivity index (χ3n) is 6.77. The van der Waals surface area contributed by atoms with E-state index in [2.05, 4.69) is 15.2 Å². The van der Waals surface area contributed by atoms with E-state index in [1.165, 1.54) is 50.1 Å². The van der Waals surface area contributed by atoms with Crippen molar-refractivity contribution < 1.29 is 4.79 Å². The van der Waals surface area contributed by atoms with Crippen LogP contribution < -0.4 is 5.32 Å². The quantitative estimate of drug-likeness (QED) is 0.634. The van der Waals surface area contributed by atoms with Crippen molar-refractivity contribution in [3.8, 4) is 10.6 Å². The summed E-state index contributed by atoms with van der Waals surface area (Å²) in [6.45, 7) is 2.41. The van der Waals surface area contributed by atoms with Gasteiger partial charge in [-0.15, -0.1) is 22.7 Å². The van der Waals surface area contributed by atoms with Gasteiger partial charge in [0.2, 0.25) is 0 Å². The van der Waals surface area contributed by atoms with E-state index in [9.17, 15) is 4.79 Å². The molecule has 1 amide bonds. The van der Waals surface area contributed by atoms with Crippen molar-refractivity contribution in [3.05, 3.63) is 39.7 Å². The molecule has 4 nitrogen and oxygen atoms in total. The normalized spacial score (nSPS) is 27.4. The summed E-state index contributed by atoms with van der Waals surface area (Å²) in [5, 5.41) is 8.03. The maximum absolute atomic E-state index is 13.2. The second-order valence-corrected chi connectivity index (χ2v) is 10.5. The molecule has 144 valence electrons. The van der Waals surface area contributed by atoms with E-state index in [0.29, 0.717) is 17.0 Å². The van der Waals surface area contributed by atoms with Gasteiger partial charge in [-0.25, -0.2) is 4.98 Å². The van der Waals surface area contributed by atoms with Crippen LogP contribution in [0.25, 0.3) is 20.7 Å². The Labute approximate surface area is 176 Å².